The first-order valence-electron chi connectivity index (χ1n) is 11.4. The Morgan fingerprint density at radius 2 is 1.61 bits per heavy atom. The van der Waals surface area contributed by atoms with Crippen LogP contribution in [0.5, 0.6) is 5.75 Å². The van der Waals surface area contributed by atoms with E-state index < -0.39 is 17.7 Å². The number of ether oxygens (including phenoxy) is 2. The van der Waals surface area contributed by atoms with Crippen molar-refractivity contribution < 1.29 is 24.2 Å². The minimum atomic E-state index is -0.744. The highest BCUT2D eigenvalue weighted by molar-refractivity contribution is 5.70. The number of amides is 1. The molecule has 7 heteroatoms. The number of hydrazine groups is 1. The summed E-state index contributed by atoms with van der Waals surface area (Å²) >= 11 is 0. The molecule has 1 fully saturated rings. The van der Waals surface area contributed by atoms with Gasteiger partial charge in [0.05, 0.1) is 5.92 Å². The van der Waals surface area contributed by atoms with Gasteiger partial charge in [0.25, 0.3) is 0 Å². The number of hydrogen-bond acceptors (Lipinski definition) is 5. The highest BCUT2D eigenvalue weighted by Crippen LogP contribution is 2.28. The zero-order chi connectivity index (χ0) is 23.8. The number of aliphatic carboxylic acids is 1. The Morgan fingerprint density at radius 1 is 0.970 bits per heavy atom. The lowest BCUT2D eigenvalue weighted by atomic mass is 9.86. The van der Waals surface area contributed by atoms with Crippen LogP contribution in [0.1, 0.15) is 57.6 Å². The molecule has 0 radical (unpaired) electrons. The van der Waals surface area contributed by atoms with Gasteiger partial charge in [0.2, 0.25) is 0 Å². The fourth-order valence-electron chi connectivity index (χ4n) is 3.94. The first-order chi connectivity index (χ1) is 15.7. The molecule has 3 rings (SSSR count). The van der Waals surface area contributed by atoms with Crippen molar-refractivity contribution in [3.63, 3.8) is 0 Å². The van der Waals surface area contributed by atoms with Gasteiger partial charge >= 0.3 is 12.1 Å². The van der Waals surface area contributed by atoms with Gasteiger partial charge in [0, 0.05) is 12.6 Å². The molecule has 2 aromatic rings. The van der Waals surface area contributed by atoms with Crippen LogP contribution < -0.4 is 10.2 Å². The molecule has 1 saturated carbocycles. The minimum absolute atomic E-state index is 0.0436. The number of nitrogens with one attached hydrogen (secondary N) is 1. The van der Waals surface area contributed by atoms with Crippen LogP contribution in [0.3, 0.4) is 0 Å². The summed E-state index contributed by atoms with van der Waals surface area (Å²) in [5.41, 5.74) is 4.40. The Kier molecular flexibility index (Phi) is 8.33. The van der Waals surface area contributed by atoms with Gasteiger partial charge in [-0.2, -0.15) is 0 Å². The van der Waals surface area contributed by atoms with Crippen LogP contribution in [0.4, 0.5) is 4.79 Å². The summed E-state index contributed by atoms with van der Waals surface area (Å²) in [4.78, 5) is 23.8. The lowest BCUT2D eigenvalue weighted by Crippen LogP contribution is -2.50. The number of benzene rings is 2. The number of rotatable bonds is 8. The van der Waals surface area contributed by atoms with Crippen molar-refractivity contribution in [1.82, 2.24) is 10.4 Å². The Hall–Kier alpha value is -3.06. The molecule has 1 amide bonds. The van der Waals surface area contributed by atoms with Crippen LogP contribution in [-0.4, -0.2) is 33.8 Å². The van der Waals surface area contributed by atoms with Crippen LogP contribution in [0.25, 0.3) is 0 Å². The first kappa shape index (κ1) is 24.6. The van der Waals surface area contributed by atoms with Crippen molar-refractivity contribution in [3.8, 4) is 5.75 Å². The van der Waals surface area contributed by atoms with E-state index in [1.165, 1.54) is 0 Å². The second kappa shape index (κ2) is 11.2. The van der Waals surface area contributed by atoms with E-state index in [-0.39, 0.29) is 12.0 Å². The maximum atomic E-state index is 12.5. The van der Waals surface area contributed by atoms with Crippen molar-refractivity contribution in [2.45, 2.75) is 71.2 Å². The van der Waals surface area contributed by atoms with E-state index in [1.54, 1.807) is 0 Å². The Labute approximate surface area is 195 Å². The normalized spacial score (nSPS) is 18.5. The monoisotopic (exact) mass is 454 g/mol. The molecule has 0 bridgehead atoms. The molecule has 2 N–H and O–H groups in total. The third kappa shape index (κ3) is 8.09. The van der Waals surface area contributed by atoms with Gasteiger partial charge in [0.15, 0.2) is 0 Å². The molecule has 0 aromatic heterocycles. The lowest BCUT2D eigenvalue weighted by Gasteiger charge is -2.36. The summed E-state index contributed by atoms with van der Waals surface area (Å²) in [6, 6.07) is 17.8. The van der Waals surface area contributed by atoms with E-state index in [0.717, 1.165) is 16.9 Å². The molecule has 0 heterocycles. The molecule has 1 aliphatic rings. The zero-order valence-corrected chi connectivity index (χ0v) is 19.6. The van der Waals surface area contributed by atoms with Gasteiger partial charge in [-0.15, -0.1) is 0 Å². The van der Waals surface area contributed by atoms with Gasteiger partial charge in [-0.3, -0.25) is 10.2 Å². The summed E-state index contributed by atoms with van der Waals surface area (Å²) in [6.07, 6.45) is 2.08. The summed E-state index contributed by atoms with van der Waals surface area (Å²) in [7, 11) is 0. The number of hydrogen-bond donors (Lipinski definition) is 2. The fraction of sp³-hybridized carbons (Fsp3) is 0.462. The summed E-state index contributed by atoms with van der Waals surface area (Å²) in [5.74, 6) is -0.284. The molecule has 0 saturated heterocycles. The minimum Gasteiger partial charge on any atom is -0.489 e. The molecule has 0 aliphatic heterocycles. The van der Waals surface area contributed by atoms with Gasteiger partial charge in [-0.1, -0.05) is 42.5 Å². The molecule has 1 aliphatic carbocycles. The topological polar surface area (TPSA) is 88.1 Å². The largest absolute Gasteiger partial charge is 0.489 e. The molecule has 178 valence electrons. The van der Waals surface area contributed by atoms with Crippen molar-refractivity contribution in [2.75, 3.05) is 0 Å². The van der Waals surface area contributed by atoms with Gasteiger partial charge in [-0.05, 0) is 69.7 Å². The second-order valence-corrected chi connectivity index (χ2v) is 9.50. The van der Waals surface area contributed by atoms with E-state index in [9.17, 15) is 14.7 Å². The first-order valence-corrected chi connectivity index (χ1v) is 11.4. The smallest absolute Gasteiger partial charge is 0.422 e. The molecule has 0 unspecified atom stereocenters. The van der Waals surface area contributed by atoms with E-state index in [2.05, 4.69) is 5.43 Å². The quantitative estimate of drug-likeness (QED) is 0.536. The summed E-state index contributed by atoms with van der Waals surface area (Å²) in [6.45, 7) is 6.45. The van der Waals surface area contributed by atoms with Crippen molar-refractivity contribution in [1.29, 1.82) is 0 Å². The third-order valence-electron chi connectivity index (χ3n) is 5.65. The van der Waals surface area contributed by atoms with Gasteiger partial charge in [0.1, 0.15) is 18.0 Å². The number of carbonyl (C=O) groups is 2. The number of nitrogens with zero attached hydrogens (tertiary/aromatic N) is 1. The van der Waals surface area contributed by atoms with Crippen LogP contribution in [0.15, 0.2) is 54.6 Å². The van der Waals surface area contributed by atoms with Crippen LogP contribution in [0, 0.1) is 5.92 Å². The molecular formula is C26H34N2O5. The zero-order valence-electron chi connectivity index (χ0n) is 19.6. The molecule has 0 spiro atoms. The van der Waals surface area contributed by atoms with E-state index >= 15 is 0 Å². The average molecular weight is 455 g/mol. The van der Waals surface area contributed by atoms with Crippen molar-refractivity contribution in [2.24, 2.45) is 5.92 Å². The van der Waals surface area contributed by atoms with Gasteiger partial charge < -0.3 is 14.6 Å². The Balaban J connectivity index is 1.63. The van der Waals surface area contributed by atoms with E-state index in [4.69, 9.17) is 9.47 Å². The predicted molar refractivity (Wildman–Crippen MR) is 126 cm³/mol. The Morgan fingerprint density at radius 3 is 2.18 bits per heavy atom. The second-order valence-electron chi connectivity index (χ2n) is 9.50. The molecular weight excluding hydrogens is 420 g/mol. The van der Waals surface area contributed by atoms with Crippen LogP contribution in [0.2, 0.25) is 0 Å². The summed E-state index contributed by atoms with van der Waals surface area (Å²) < 4.78 is 11.3. The van der Waals surface area contributed by atoms with Crippen molar-refractivity contribution >= 4 is 12.1 Å². The summed E-state index contributed by atoms with van der Waals surface area (Å²) in [5, 5.41) is 11.2. The van der Waals surface area contributed by atoms with Crippen molar-refractivity contribution in [3.05, 3.63) is 65.7 Å². The third-order valence-corrected chi connectivity index (χ3v) is 5.65. The molecule has 0 atom stereocenters. The predicted octanol–water partition coefficient (Wildman–Crippen LogP) is 5.15. The van der Waals surface area contributed by atoms with E-state index in [1.807, 2.05) is 80.4 Å². The number of carboxylic acid groups (broad SMARTS) is 1. The van der Waals surface area contributed by atoms with E-state index in [0.29, 0.717) is 38.8 Å². The SMILES string of the molecule is CC(C)(C)OC(=O)NN(Cc1ccc(OCc2ccccc2)cc1)C1CCC(C(=O)O)CC1. The lowest BCUT2D eigenvalue weighted by molar-refractivity contribution is -0.143. The van der Waals surface area contributed by atoms with Gasteiger partial charge in [-0.25, -0.2) is 9.80 Å². The highest BCUT2D eigenvalue weighted by atomic mass is 16.6. The number of carboxylic acids is 1. The standard InChI is InChI=1S/C26H34N2O5/c1-26(2,3)33-25(31)27-28(22-13-11-21(12-14-22)24(29)30)17-19-9-15-23(16-10-19)32-18-20-7-5-4-6-8-20/h4-10,15-16,21-22H,11-14,17-18H2,1-3H3,(H,27,31)(H,29,30). The van der Waals surface area contributed by atoms with Crippen LogP contribution >= 0.6 is 0 Å². The molecule has 7 nitrogen and oxygen atoms in total. The molecule has 2 aromatic carbocycles. The molecule has 33 heavy (non-hydrogen) atoms. The maximum absolute atomic E-state index is 12.5. The Bertz CT molecular complexity index is 901. The fourth-order valence-corrected chi connectivity index (χ4v) is 3.94. The average Bonchev–Trinajstić information content (AvgIpc) is 2.77. The van der Waals surface area contributed by atoms with Crippen LogP contribution in [-0.2, 0) is 22.7 Å². The number of carbonyl (C=O) groups excluding carboxylic acids is 1. The maximum Gasteiger partial charge on any atom is 0.422 e. The highest BCUT2D eigenvalue weighted by Gasteiger charge is 2.31.